The van der Waals surface area contributed by atoms with Crippen LogP contribution in [0.1, 0.15) is 24.1 Å². The van der Waals surface area contributed by atoms with Gasteiger partial charge in [0.2, 0.25) is 0 Å². The summed E-state index contributed by atoms with van der Waals surface area (Å²) in [5.74, 6) is 2.80. The number of nitrogens with one attached hydrogen (secondary N) is 1. The minimum atomic E-state index is 0.888. The summed E-state index contributed by atoms with van der Waals surface area (Å²) in [7, 11) is 1.68. The zero-order valence-corrected chi connectivity index (χ0v) is 10.2. The molecular weight excluding hydrogens is 214 g/mol. The number of aromatic amines is 1. The van der Waals surface area contributed by atoms with Crippen LogP contribution in [0.2, 0.25) is 0 Å². The van der Waals surface area contributed by atoms with Crippen LogP contribution in [0.25, 0.3) is 0 Å². The second-order valence-electron chi connectivity index (χ2n) is 3.92. The maximum absolute atomic E-state index is 5.12. The Labute approximate surface area is 101 Å². The fourth-order valence-electron chi connectivity index (χ4n) is 1.66. The van der Waals surface area contributed by atoms with Gasteiger partial charge >= 0.3 is 0 Å². The van der Waals surface area contributed by atoms with Crippen molar-refractivity contribution in [2.45, 2.75) is 26.2 Å². The molecule has 0 atom stereocenters. The van der Waals surface area contributed by atoms with Crippen LogP contribution in [0, 0.1) is 0 Å². The fourth-order valence-corrected chi connectivity index (χ4v) is 1.66. The molecule has 1 N–H and O–H groups in total. The lowest BCUT2D eigenvalue weighted by Crippen LogP contribution is -1.94. The number of hydrogen-bond acceptors (Lipinski definition) is 3. The van der Waals surface area contributed by atoms with E-state index >= 15 is 0 Å². The van der Waals surface area contributed by atoms with Crippen LogP contribution >= 0.6 is 0 Å². The minimum absolute atomic E-state index is 0.888. The molecule has 1 heterocycles. The molecule has 0 saturated heterocycles. The average molecular weight is 231 g/mol. The number of hydrogen-bond donors (Lipinski definition) is 1. The number of nitrogens with zero attached hydrogens (tertiary/aromatic N) is 2. The molecular formula is C13H17N3O. The lowest BCUT2D eigenvalue weighted by atomic mass is 10.1. The summed E-state index contributed by atoms with van der Waals surface area (Å²) in [4.78, 5) is 3.21. The van der Waals surface area contributed by atoms with Gasteiger partial charge in [-0.3, -0.25) is 0 Å². The van der Waals surface area contributed by atoms with E-state index in [1.54, 1.807) is 7.11 Å². The monoisotopic (exact) mass is 231 g/mol. The standard InChI is InChI=1S/C13H17N3O/c1-3-12-14-13(16-15-12)9-6-10-4-7-11(17-2)8-5-10/h4-5,7-8H,3,6,9H2,1-2H3,(H,14,15,16). The van der Waals surface area contributed by atoms with Gasteiger partial charge < -0.3 is 9.72 Å². The molecule has 2 rings (SSSR count). The Morgan fingerprint density at radius 2 is 1.76 bits per heavy atom. The largest absolute Gasteiger partial charge is 0.497 e. The first kappa shape index (κ1) is 11.6. The first-order valence-corrected chi connectivity index (χ1v) is 5.85. The first-order valence-electron chi connectivity index (χ1n) is 5.85. The number of benzene rings is 1. The third-order valence-electron chi connectivity index (χ3n) is 2.72. The van der Waals surface area contributed by atoms with Crippen LogP contribution in [0.4, 0.5) is 0 Å². The van der Waals surface area contributed by atoms with Crippen molar-refractivity contribution in [1.29, 1.82) is 0 Å². The Morgan fingerprint density at radius 3 is 2.35 bits per heavy atom. The molecule has 0 aliphatic rings. The molecule has 4 nitrogen and oxygen atoms in total. The number of aromatic nitrogens is 3. The Morgan fingerprint density at radius 1 is 1.06 bits per heavy atom. The predicted molar refractivity (Wildman–Crippen MR) is 66.2 cm³/mol. The van der Waals surface area contributed by atoms with E-state index in [2.05, 4.69) is 34.2 Å². The van der Waals surface area contributed by atoms with E-state index in [1.165, 1.54) is 5.56 Å². The van der Waals surface area contributed by atoms with Gasteiger partial charge in [0, 0.05) is 12.8 Å². The molecule has 90 valence electrons. The van der Waals surface area contributed by atoms with Crippen molar-refractivity contribution in [2.75, 3.05) is 7.11 Å². The molecule has 1 aromatic carbocycles. The molecule has 0 unspecified atom stereocenters. The number of methoxy groups -OCH3 is 1. The van der Waals surface area contributed by atoms with E-state index in [4.69, 9.17) is 4.74 Å². The molecule has 0 aliphatic heterocycles. The second-order valence-corrected chi connectivity index (χ2v) is 3.92. The highest BCUT2D eigenvalue weighted by atomic mass is 16.5. The van der Waals surface area contributed by atoms with E-state index in [0.717, 1.165) is 36.7 Å². The van der Waals surface area contributed by atoms with Crippen molar-refractivity contribution >= 4 is 0 Å². The highest BCUT2D eigenvalue weighted by molar-refractivity contribution is 5.27. The molecule has 0 fully saturated rings. The van der Waals surface area contributed by atoms with Crippen LogP contribution in [-0.4, -0.2) is 22.3 Å². The zero-order chi connectivity index (χ0) is 12.1. The smallest absolute Gasteiger partial charge is 0.130 e. The third-order valence-corrected chi connectivity index (χ3v) is 2.72. The normalized spacial score (nSPS) is 10.5. The van der Waals surface area contributed by atoms with Crippen molar-refractivity contribution < 1.29 is 4.74 Å². The maximum Gasteiger partial charge on any atom is 0.130 e. The molecule has 17 heavy (non-hydrogen) atoms. The maximum atomic E-state index is 5.12. The molecule has 4 heteroatoms. The zero-order valence-electron chi connectivity index (χ0n) is 10.2. The van der Waals surface area contributed by atoms with Gasteiger partial charge in [0.05, 0.1) is 7.11 Å². The van der Waals surface area contributed by atoms with Crippen molar-refractivity contribution in [3.05, 3.63) is 41.5 Å². The van der Waals surface area contributed by atoms with Crippen LogP contribution in [-0.2, 0) is 19.3 Å². The van der Waals surface area contributed by atoms with Crippen LogP contribution in [0.5, 0.6) is 5.75 Å². The van der Waals surface area contributed by atoms with E-state index < -0.39 is 0 Å². The number of rotatable bonds is 5. The van der Waals surface area contributed by atoms with Gasteiger partial charge in [0.25, 0.3) is 0 Å². The molecule has 2 aromatic rings. The van der Waals surface area contributed by atoms with Crippen LogP contribution in [0.3, 0.4) is 0 Å². The second kappa shape index (κ2) is 5.48. The summed E-state index contributed by atoms with van der Waals surface area (Å²) in [6, 6.07) is 8.12. The molecule has 0 amide bonds. The van der Waals surface area contributed by atoms with Crippen LogP contribution in [0.15, 0.2) is 24.3 Å². The lowest BCUT2D eigenvalue weighted by Gasteiger charge is -2.02. The van der Waals surface area contributed by atoms with Crippen molar-refractivity contribution in [1.82, 2.24) is 15.2 Å². The number of aryl methyl sites for hydroxylation is 3. The highest BCUT2D eigenvalue weighted by Crippen LogP contribution is 2.12. The third kappa shape index (κ3) is 3.06. The summed E-state index contributed by atoms with van der Waals surface area (Å²) >= 11 is 0. The summed E-state index contributed by atoms with van der Waals surface area (Å²) in [5.41, 5.74) is 1.28. The molecule has 0 bridgehead atoms. The summed E-state index contributed by atoms with van der Waals surface area (Å²) in [5, 5.41) is 8.15. The van der Waals surface area contributed by atoms with E-state index in [1.807, 2.05) is 12.1 Å². The molecule has 1 aromatic heterocycles. The SMILES string of the molecule is CCc1nnc(CCc2ccc(OC)cc2)[nH]1. The van der Waals surface area contributed by atoms with E-state index in [9.17, 15) is 0 Å². The van der Waals surface area contributed by atoms with Gasteiger partial charge in [-0.15, -0.1) is 10.2 Å². The fraction of sp³-hybridized carbons (Fsp3) is 0.385. The average Bonchev–Trinajstić information content (AvgIpc) is 2.85. The van der Waals surface area contributed by atoms with Gasteiger partial charge in [-0.05, 0) is 24.1 Å². The quantitative estimate of drug-likeness (QED) is 0.858. The number of H-pyrrole nitrogens is 1. The van der Waals surface area contributed by atoms with Crippen molar-refractivity contribution in [2.24, 2.45) is 0 Å². The molecule has 0 spiro atoms. The number of ether oxygens (including phenoxy) is 1. The lowest BCUT2D eigenvalue weighted by molar-refractivity contribution is 0.414. The van der Waals surface area contributed by atoms with Crippen LogP contribution < -0.4 is 4.74 Å². The Balaban J connectivity index is 1.92. The Kier molecular flexibility index (Phi) is 3.75. The first-order chi connectivity index (χ1) is 8.31. The Hall–Kier alpha value is -1.84. The highest BCUT2D eigenvalue weighted by Gasteiger charge is 2.01. The van der Waals surface area contributed by atoms with Gasteiger partial charge in [-0.1, -0.05) is 19.1 Å². The molecule has 0 saturated carbocycles. The molecule has 0 radical (unpaired) electrons. The predicted octanol–water partition coefficient (Wildman–Crippen LogP) is 2.16. The van der Waals surface area contributed by atoms with Crippen molar-refractivity contribution in [3.63, 3.8) is 0 Å². The summed E-state index contributed by atoms with van der Waals surface area (Å²) in [6.07, 6.45) is 2.75. The van der Waals surface area contributed by atoms with Gasteiger partial charge in [0.1, 0.15) is 17.4 Å². The molecule has 0 aliphatic carbocycles. The summed E-state index contributed by atoms with van der Waals surface area (Å²) < 4.78 is 5.12. The van der Waals surface area contributed by atoms with E-state index in [-0.39, 0.29) is 0 Å². The minimum Gasteiger partial charge on any atom is -0.497 e. The van der Waals surface area contributed by atoms with E-state index in [0.29, 0.717) is 0 Å². The topological polar surface area (TPSA) is 50.8 Å². The van der Waals surface area contributed by atoms with Gasteiger partial charge in [0.15, 0.2) is 0 Å². The van der Waals surface area contributed by atoms with Crippen molar-refractivity contribution in [3.8, 4) is 5.75 Å². The van der Waals surface area contributed by atoms with Gasteiger partial charge in [-0.2, -0.15) is 0 Å². The Bertz CT molecular complexity index is 462. The summed E-state index contributed by atoms with van der Waals surface area (Å²) in [6.45, 7) is 2.06. The van der Waals surface area contributed by atoms with Gasteiger partial charge in [-0.25, -0.2) is 0 Å².